The van der Waals surface area contributed by atoms with Crippen molar-refractivity contribution in [2.75, 3.05) is 0 Å². The SMILES string of the molecule is O=C1CCC(N2Cc3cccc(C(=O)NC(=O)c4ccncc4)c3C2=O)C(=O)N1. The molecule has 0 aliphatic carbocycles. The molecule has 2 aromatic rings. The number of hydrogen-bond donors (Lipinski definition) is 2. The maximum Gasteiger partial charge on any atom is 0.258 e. The van der Waals surface area contributed by atoms with Gasteiger partial charge in [0.15, 0.2) is 0 Å². The first-order chi connectivity index (χ1) is 14.0. The van der Waals surface area contributed by atoms with Crippen LogP contribution < -0.4 is 10.6 Å². The van der Waals surface area contributed by atoms with E-state index in [2.05, 4.69) is 15.6 Å². The van der Waals surface area contributed by atoms with E-state index in [0.29, 0.717) is 5.56 Å². The van der Waals surface area contributed by atoms with E-state index in [1.165, 1.54) is 35.5 Å². The number of aromatic nitrogens is 1. The van der Waals surface area contributed by atoms with Crippen LogP contribution in [-0.2, 0) is 16.1 Å². The van der Waals surface area contributed by atoms with Gasteiger partial charge in [0.2, 0.25) is 11.8 Å². The molecule has 4 rings (SSSR count). The zero-order valence-corrected chi connectivity index (χ0v) is 15.2. The predicted molar refractivity (Wildman–Crippen MR) is 98.5 cm³/mol. The van der Waals surface area contributed by atoms with Gasteiger partial charge in [0.05, 0.1) is 11.1 Å². The predicted octanol–water partition coefficient (Wildman–Crippen LogP) is 0.413. The van der Waals surface area contributed by atoms with Crippen molar-refractivity contribution in [1.29, 1.82) is 0 Å². The van der Waals surface area contributed by atoms with Crippen LogP contribution >= 0.6 is 0 Å². The number of piperidine rings is 1. The van der Waals surface area contributed by atoms with E-state index >= 15 is 0 Å². The summed E-state index contributed by atoms with van der Waals surface area (Å²) in [6, 6.07) is 6.93. The number of benzene rings is 1. The summed E-state index contributed by atoms with van der Waals surface area (Å²) in [6.07, 6.45) is 3.23. The van der Waals surface area contributed by atoms with Crippen LogP contribution in [0.15, 0.2) is 42.7 Å². The molecule has 1 fully saturated rings. The van der Waals surface area contributed by atoms with Crippen molar-refractivity contribution in [2.45, 2.75) is 25.4 Å². The fraction of sp³-hybridized carbons (Fsp3) is 0.200. The summed E-state index contributed by atoms with van der Waals surface area (Å²) in [5, 5.41) is 4.51. The molecule has 1 aromatic heterocycles. The fourth-order valence-corrected chi connectivity index (χ4v) is 3.55. The highest BCUT2D eigenvalue weighted by atomic mass is 16.2. The van der Waals surface area contributed by atoms with Crippen LogP contribution in [0.1, 0.15) is 49.5 Å². The van der Waals surface area contributed by atoms with Crippen molar-refractivity contribution < 1.29 is 24.0 Å². The van der Waals surface area contributed by atoms with Crippen molar-refractivity contribution in [1.82, 2.24) is 20.5 Å². The molecule has 1 atom stereocenters. The molecule has 0 spiro atoms. The molecule has 9 heteroatoms. The van der Waals surface area contributed by atoms with Crippen molar-refractivity contribution in [3.63, 3.8) is 0 Å². The van der Waals surface area contributed by atoms with Crippen LogP contribution in [0, 0.1) is 0 Å². The van der Waals surface area contributed by atoms with Crippen LogP contribution in [0.5, 0.6) is 0 Å². The second kappa shape index (κ2) is 7.27. The van der Waals surface area contributed by atoms with E-state index in [-0.39, 0.29) is 42.0 Å². The summed E-state index contributed by atoms with van der Waals surface area (Å²) < 4.78 is 0. The molecule has 2 aliphatic heterocycles. The molecule has 1 saturated heterocycles. The first kappa shape index (κ1) is 18.5. The average molecular weight is 392 g/mol. The van der Waals surface area contributed by atoms with E-state index in [1.807, 2.05) is 0 Å². The Morgan fingerprint density at radius 1 is 1.07 bits per heavy atom. The highest BCUT2D eigenvalue weighted by Crippen LogP contribution is 2.29. The van der Waals surface area contributed by atoms with Crippen molar-refractivity contribution in [3.8, 4) is 0 Å². The highest BCUT2D eigenvalue weighted by Gasteiger charge is 2.40. The Kier molecular flexibility index (Phi) is 4.63. The molecule has 5 amide bonds. The lowest BCUT2D eigenvalue weighted by Gasteiger charge is -2.29. The Balaban J connectivity index is 1.57. The van der Waals surface area contributed by atoms with Gasteiger partial charge in [-0.2, -0.15) is 0 Å². The third-order valence-electron chi connectivity index (χ3n) is 4.97. The molecular formula is C20H16N4O5. The van der Waals surface area contributed by atoms with Crippen molar-refractivity contribution in [3.05, 3.63) is 65.0 Å². The fourth-order valence-electron chi connectivity index (χ4n) is 3.55. The lowest BCUT2D eigenvalue weighted by molar-refractivity contribution is -0.136. The number of hydrogen-bond acceptors (Lipinski definition) is 6. The Morgan fingerprint density at radius 2 is 1.83 bits per heavy atom. The van der Waals surface area contributed by atoms with Crippen LogP contribution in [-0.4, -0.2) is 45.5 Å². The molecule has 29 heavy (non-hydrogen) atoms. The average Bonchev–Trinajstić information content (AvgIpc) is 3.05. The topological polar surface area (TPSA) is 126 Å². The summed E-state index contributed by atoms with van der Waals surface area (Å²) >= 11 is 0. The summed E-state index contributed by atoms with van der Waals surface area (Å²) in [6.45, 7) is 0.153. The van der Waals surface area contributed by atoms with Gasteiger partial charge in [-0.05, 0) is 30.2 Å². The lowest BCUT2D eigenvalue weighted by atomic mass is 10.0. The van der Waals surface area contributed by atoms with E-state index in [0.717, 1.165) is 0 Å². The minimum Gasteiger partial charge on any atom is -0.322 e. The Hall–Kier alpha value is -3.88. The van der Waals surface area contributed by atoms with Crippen LogP contribution in [0.3, 0.4) is 0 Å². The quantitative estimate of drug-likeness (QED) is 0.729. The Bertz CT molecular complexity index is 1050. The molecule has 0 radical (unpaired) electrons. The molecule has 9 nitrogen and oxygen atoms in total. The van der Waals surface area contributed by atoms with Gasteiger partial charge < -0.3 is 4.90 Å². The number of carbonyl (C=O) groups excluding carboxylic acids is 5. The van der Waals surface area contributed by atoms with Gasteiger partial charge in [0, 0.05) is 30.9 Å². The molecule has 2 aliphatic rings. The molecule has 3 heterocycles. The number of fused-ring (bicyclic) bond motifs is 1. The molecular weight excluding hydrogens is 376 g/mol. The van der Waals surface area contributed by atoms with Crippen molar-refractivity contribution >= 4 is 29.5 Å². The minimum atomic E-state index is -0.776. The standard InChI is InChI=1S/C20H16N4O5/c25-15-5-4-14(19(28)22-15)24-10-12-2-1-3-13(16(12)20(24)29)18(27)23-17(26)11-6-8-21-9-7-11/h1-3,6-9,14H,4-5,10H2,(H,22,25,28)(H,23,26,27). The number of amides is 5. The van der Waals surface area contributed by atoms with E-state index in [1.54, 1.807) is 12.1 Å². The van der Waals surface area contributed by atoms with E-state index in [4.69, 9.17) is 0 Å². The number of nitrogens with zero attached hydrogens (tertiary/aromatic N) is 2. The maximum atomic E-state index is 13.0. The third kappa shape index (κ3) is 3.38. The summed E-state index contributed by atoms with van der Waals surface area (Å²) in [5.74, 6) is -2.69. The van der Waals surface area contributed by atoms with E-state index < -0.39 is 29.7 Å². The molecule has 0 saturated carbocycles. The second-order valence-electron chi connectivity index (χ2n) is 6.76. The molecule has 146 valence electrons. The van der Waals surface area contributed by atoms with Crippen molar-refractivity contribution in [2.24, 2.45) is 0 Å². The van der Waals surface area contributed by atoms with Gasteiger partial charge in [-0.3, -0.25) is 39.6 Å². The van der Waals surface area contributed by atoms with Crippen LogP contribution in [0.2, 0.25) is 0 Å². The van der Waals surface area contributed by atoms with Gasteiger partial charge in [-0.25, -0.2) is 0 Å². The molecule has 1 aromatic carbocycles. The monoisotopic (exact) mass is 392 g/mol. The van der Waals surface area contributed by atoms with Gasteiger partial charge in [0.25, 0.3) is 17.7 Å². The van der Waals surface area contributed by atoms with Crippen LogP contribution in [0.25, 0.3) is 0 Å². The van der Waals surface area contributed by atoms with Gasteiger partial charge in [-0.15, -0.1) is 0 Å². The highest BCUT2D eigenvalue weighted by molar-refractivity contribution is 6.16. The largest absolute Gasteiger partial charge is 0.322 e. The zero-order valence-electron chi connectivity index (χ0n) is 15.2. The third-order valence-corrected chi connectivity index (χ3v) is 4.97. The number of imide groups is 2. The molecule has 1 unspecified atom stereocenters. The van der Waals surface area contributed by atoms with Gasteiger partial charge >= 0.3 is 0 Å². The lowest BCUT2D eigenvalue weighted by Crippen LogP contribution is -2.52. The summed E-state index contributed by atoms with van der Waals surface area (Å²) in [4.78, 5) is 66.6. The minimum absolute atomic E-state index is 0.0599. The number of pyridine rings is 1. The number of rotatable bonds is 3. The Morgan fingerprint density at radius 3 is 2.55 bits per heavy atom. The molecule has 0 bridgehead atoms. The number of nitrogens with one attached hydrogen (secondary N) is 2. The summed E-state index contributed by atoms with van der Waals surface area (Å²) in [7, 11) is 0. The first-order valence-electron chi connectivity index (χ1n) is 8.98. The molecule has 2 N–H and O–H groups in total. The van der Waals surface area contributed by atoms with Gasteiger partial charge in [0.1, 0.15) is 6.04 Å². The van der Waals surface area contributed by atoms with E-state index in [9.17, 15) is 24.0 Å². The smallest absolute Gasteiger partial charge is 0.258 e. The Labute approximate surface area is 165 Å². The van der Waals surface area contributed by atoms with Gasteiger partial charge in [-0.1, -0.05) is 12.1 Å². The first-order valence-corrected chi connectivity index (χ1v) is 8.98. The zero-order chi connectivity index (χ0) is 20.5. The number of carbonyl (C=O) groups is 5. The summed E-state index contributed by atoms with van der Waals surface area (Å²) in [5.41, 5.74) is 1.07. The second-order valence-corrected chi connectivity index (χ2v) is 6.76. The van der Waals surface area contributed by atoms with Crippen LogP contribution in [0.4, 0.5) is 0 Å². The maximum absolute atomic E-state index is 13.0. The normalized spacial score (nSPS) is 18.3.